The summed E-state index contributed by atoms with van der Waals surface area (Å²) < 4.78 is 11.5. The maximum absolute atomic E-state index is 12.5. The maximum atomic E-state index is 12.5. The fourth-order valence-electron chi connectivity index (χ4n) is 3.10. The molecule has 3 rings (SSSR count). The number of fused-ring (bicyclic) bond motifs is 1. The van der Waals surface area contributed by atoms with Crippen molar-refractivity contribution < 1.29 is 19.1 Å². The highest BCUT2D eigenvalue weighted by molar-refractivity contribution is 5.98. The summed E-state index contributed by atoms with van der Waals surface area (Å²) in [6, 6.07) is 20.5. The predicted octanol–water partition coefficient (Wildman–Crippen LogP) is 4.64. The van der Waals surface area contributed by atoms with Gasteiger partial charge in [-0.1, -0.05) is 62.2 Å². The van der Waals surface area contributed by atoms with Crippen LogP contribution >= 0.6 is 0 Å². The van der Waals surface area contributed by atoms with Crippen LogP contribution in [0.1, 0.15) is 43.5 Å². The van der Waals surface area contributed by atoms with E-state index in [9.17, 15) is 9.59 Å². The van der Waals surface area contributed by atoms with E-state index in [0.717, 1.165) is 30.0 Å². The summed E-state index contributed by atoms with van der Waals surface area (Å²) in [5.41, 5.74) is 5.22. The van der Waals surface area contributed by atoms with E-state index >= 15 is 0 Å². The Morgan fingerprint density at radius 1 is 0.903 bits per heavy atom. The molecule has 3 aromatic carbocycles. The topological polar surface area (TPSA) is 76.7 Å². The monoisotopic (exact) mass is 420 g/mol. The Morgan fingerprint density at radius 2 is 1.65 bits per heavy atom. The lowest BCUT2D eigenvalue weighted by Gasteiger charge is -2.16. The van der Waals surface area contributed by atoms with Crippen LogP contribution in [0.4, 0.5) is 0 Å². The van der Waals surface area contributed by atoms with Crippen molar-refractivity contribution in [3.05, 3.63) is 72.3 Å². The Bertz CT molecular complexity index is 1030. The number of hydrogen-bond donors (Lipinski definition) is 2. The van der Waals surface area contributed by atoms with Gasteiger partial charge in [0.1, 0.15) is 11.5 Å². The van der Waals surface area contributed by atoms with E-state index in [1.807, 2.05) is 48.5 Å². The van der Waals surface area contributed by atoms with Gasteiger partial charge in [0, 0.05) is 0 Å². The molecule has 0 saturated heterocycles. The van der Waals surface area contributed by atoms with Crippen molar-refractivity contribution in [1.82, 2.24) is 10.9 Å². The highest BCUT2D eigenvalue weighted by Gasteiger charge is 2.17. The lowest BCUT2D eigenvalue weighted by Crippen LogP contribution is -2.47. The third kappa shape index (κ3) is 6.22. The standard InChI is InChI=1S/C25H28N2O4/c1-3-4-9-16-30-23-13-8-7-12-22(23)25(29)27-26-24(28)18(2)31-21-15-14-19-10-5-6-11-20(19)17-21/h5-8,10-15,17-18H,3-4,9,16H2,1-2H3,(H,26,28)(H,27,29). The number of hydrazine groups is 1. The van der Waals surface area contributed by atoms with E-state index < -0.39 is 17.9 Å². The van der Waals surface area contributed by atoms with Crippen LogP contribution in [0.15, 0.2) is 66.7 Å². The van der Waals surface area contributed by atoms with E-state index in [0.29, 0.717) is 23.7 Å². The highest BCUT2D eigenvalue weighted by Crippen LogP contribution is 2.21. The molecule has 1 unspecified atom stereocenters. The number of hydrogen-bond acceptors (Lipinski definition) is 4. The van der Waals surface area contributed by atoms with Crippen molar-refractivity contribution in [2.24, 2.45) is 0 Å². The number of benzene rings is 3. The zero-order valence-corrected chi connectivity index (χ0v) is 17.9. The van der Waals surface area contributed by atoms with Gasteiger partial charge in [0.15, 0.2) is 6.10 Å². The first-order valence-electron chi connectivity index (χ1n) is 10.6. The maximum Gasteiger partial charge on any atom is 0.279 e. The Labute approximate surface area is 182 Å². The molecule has 31 heavy (non-hydrogen) atoms. The van der Waals surface area contributed by atoms with Crippen LogP contribution in [0, 0.1) is 0 Å². The second-order valence-corrected chi connectivity index (χ2v) is 7.26. The molecule has 0 radical (unpaired) electrons. The van der Waals surface area contributed by atoms with Crippen LogP contribution < -0.4 is 20.3 Å². The van der Waals surface area contributed by atoms with Gasteiger partial charge in [-0.05, 0) is 48.4 Å². The summed E-state index contributed by atoms with van der Waals surface area (Å²) in [5.74, 6) is 0.171. The molecule has 6 nitrogen and oxygen atoms in total. The minimum atomic E-state index is -0.790. The minimum absolute atomic E-state index is 0.363. The third-order valence-electron chi connectivity index (χ3n) is 4.84. The van der Waals surface area contributed by atoms with Gasteiger partial charge in [-0.25, -0.2) is 0 Å². The van der Waals surface area contributed by atoms with Gasteiger partial charge in [0.2, 0.25) is 0 Å². The van der Waals surface area contributed by atoms with Crippen LogP contribution in [0.5, 0.6) is 11.5 Å². The Kier molecular flexibility index (Phi) is 7.87. The zero-order valence-electron chi connectivity index (χ0n) is 17.9. The van der Waals surface area contributed by atoms with Crippen LogP contribution in [-0.4, -0.2) is 24.5 Å². The first kappa shape index (κ1) is 22.2. The Morgan fingerprint density at radius 3 is 2.45 bits per heavy atom. The molecule has 0 aliphatic carbocycles. The van der Waals surface area contributed by atoms with Gasteiger partial charge in [-0.2, -0.15) is 0 Å². The Hall–Kier alpha value is -3.54. The SMILES string of the molecule is CCCCCOc1ccccc1C(=O)NNC(=O)C(C)Oc1ccc2ccccc2c1. The number of rotatable bonds is 9. The summed E-state index contributed by atoms with van der Waals surface area (Å²) in [4.78, 5) is 24.9. The molecule has 2 amide bonds. The first-order valence-corrected chi connectivity index (χ1v) is 10.6. The highest BCUT2D eigenvalue weighted by atomic mass is 16.5. The molecule has 0 heterocycles. The second kappa shape index (κ2) is 11.0. The van der Waals surface area contributed by atoms with Crippen molar-refractivity contribution >= 4 is 22.6 Å². The van der Waals surface area contributed by atoms with Crippen molar-refractivity contribution in [1.29, 1.82) is 0 Å². The number of carbonyl (C=O) groups is 2. The number of amides is 2. The summed E-state index contributed by atoms with van der Waals surface area (Å²) >= 11 is 0. The lowest BCUT2D eigenvalue weighted by molar-refractivity contribution is -0.128. The molecule has 3 aromatic rings. The predicted molar refractivity (Wildman–Crippen MR) is 121 cm³/mol. The molecule has 0 aliphatic rings. The van der Waals surface area contributed by atoms with E-state index in [1.165, 1.54) is 0 Å². The van der Waals surface area contributed by atoms with Crippen LogP contribution in [0.3, 0.4) is 0 Å². The molecule has 2 N–H and O–H groups in total. The molecule has 0 aromatic heterocycles. The number of ether oxygens (including phenoxy) is 2. The number of unbranched alkanes of at least 4 members (excludes halogenated alkanes) is 2. The molecule has 0 saturated carbocycles. The van der Waals surface area contributed by atoms with Crippen LogP contribution in [0.2, 0.25) is 0 Å². The second-order valence-electron chi connectivity index (χ2n) is 7.26. The molecular formula is C25H28N2O4. The van der Waals surface area contributed by atoms with Crippen molar-refractivity contribution in [3.8, 4) is 11.5 Å². The average molecular weight is 421 g/mol. The molecule has 6 heteroatoms. The average Bonchev–Trinajstić information content (AvgIpc) is 2.80. The van der Waals surface area contributed by atoms with Gasteiger partial charge in [0.25, 0.3) is 11.8 Å². The number of para-hydroxylation sites is 1. The molecule has 162 valence electrons. The quantitative estimate of drug-likeness (QED) is 0.391. The lowest BCUT2D eigenvalue weighted by atomic mass is 10.1. The fraction of sp³-hybridized carbons (Fsp3) is 0.280. The zero-order chi connectivity index (χ0) is 22.1. The summed E-state index contributed by atoms with van der Waals surface area (Å²) in [6.07, 6.45) is 2.30. The molecule has 0 spiro atoms. The van der Waals surface area contributed by atoms with Gasteiger partial charge in [-0.3, -0.25) is 20.4 Å². The largest absolute Gasteiger partial charge is 0.493 e. The van der Waals surface area contributed by atoms with Crippen molar-refractivity contribution in [2.45, 2.75) is 39.2 Å². The van der Waals surface area contributed by atoms with Crippen LogP contribution in [-0.2, 0) is 4.79 Å². The van der Waals surface area contributed by atoms with Crippen molar-refractivity contribution in [3.63, 3.8) is 0 Å². The minimum Gasteiger partial charge on any atom is -0.493 e. The van der Waals surface area contributed by atoms with Crippen molar-refractivity contribution in [2.75, 3.05) is 6.61 Å². The van der Waals surface area contributed by atoms with E-state index in [2.05, 4.69) is 17.8 Å². The number of carbonyl (C=O) groups excluding carboxylic acids is 2. The summed E-state index contributed by atoms with van der Waals surface area (Å²) in [7, 11) is 0. The van der Waals surface area contributed by atoms with Gasteiger partial charge >= 0.3 is 0 Å². The van der Waals surface area contributed by atoms with Gasteiger partial charge in [-0.15, -0.1) is 0 Å². The normalized spacial score (nSPS) is 11.5. The third-order valence-corrected chi connectivity index (χ3v) is 4.84. The first-order chi connectivity index (χ1) is 15.1. The Balaban J connectivity index is 1.54. The molecule has 0 bridgehead atoms. The summed E-state index contributed by atoms with van der Waals surface area (Å²) in [5, 5.41) is 2.12. The number of nitrogens with one attached hydrogen (secondary N) is 2. The molecular weight excluding hydrogens is 392 g/mol. The molecule has 1 atom stereocenters. The molecule has 0 fully saturated rings. The van der Waals surface area contributed by atoms with Gasteiger partial charge < -0.3 is 9.47 Å². The smallest absolute Gasteiger partial charge is 0.279 e. The van der Waals surface area contributed by atoms with E-state index in [-0.39, 0.29) is 0 Å². The van der Waals surface area contributed by atoms with E-state index in [1.54, 1.807) is 25.1 Å². The fourth-order valence-corrected chi connectivity index (χ4v) is 3.10. The summed E-state index contributed by atoms with van der Waals surface area (Å²) in [6.45, 7) is 4.29. The van der Waals surface area contributed by atoms with E-state index in [4.69, 9.17) is 9.47 Å². The molecule has 0 aliphatic heterocycles. The van der Waals surface area contributed by atoms with Crippen LogP contribution in [0.25, 0.3) is 10.8 Å². The van der Waals surface area contributed by atoms with Gasteiger partial charge in [0.05, 0.1) is 12.2 Å².